The monoisotopic (exact) mass is 398 g/mol. The fourth-order valence-electron chi connectivity index (χ4n) is 4.29. The molecule has 0 bridgehead atoms. The zero-order valence-electron chi connectivity index (χ0n) is 16.2. The van der Waals surface area contributed by atoms with Gasteiger partial charge in [0, 0.05) is 44.4 Å². The molecule has 156 valence electrons. The minimum absolute atomic E-state index is 0.0125. The largest absolute Gasteiger partial charge is 0.491 e. The highest BCUT2D eigenvalue weighted by Gasteiger charge is 2.35. The molecule has 2 heterocycles. The number of aliphatic hydroxyl groups excluding tert-OH is 1. The lowest BCUT2D eigenvalue weighted by Crippen LogP contribution is -2.55. The number of amides is 1. The summed E-state index contributed by atoms with van der Waals surface area (Å²) < 4.78 is 38.1. The molecule has 1 amide bonds. The first-order chi connectivity index (χ1) is 13.5. The van der Waals surface area contributed by atoms with E-state index in [-0.39, 0.29) is 24.0 Å². The van der Waals surface area contributed by atoms with Crippen molar-refractivity contribution in [1.82, 2.24) is 9.80 Å². The Morgan fingerprint density at radius 2 is 1.93 bits per heavy atom. The summed E-state index contributed by atoms with van der Waals surface area (Å²) in [7, 11) is 1.19. The molecule has 2 aliphatic heterocycles. The average molecular weight is 398 g/mol. The van der Waals surface area contributed by atoms with Crippen LogP contribution in [0.4, 0.5) is 8.78 Å². The molecule has 2 fully saturated rings. The highest BCUT2D eigenvalue weighted by Crippen LogP contribution is 2.29. The van der Waals surface area contributed by atoms with Crippen LogP contribution in [-0.4, -0.2) is 80.0 Å². The van der Waals surface area contributed by atoms with E-state index in [4.69, 9.17) is 4.74 Å². The highest BCUT2D eigenvalue weighted by molar-refractivity contribution is 5.94. The molecule has 0 unspecified atom stereocenters. The fraction of sp³-hybridized carbons (Fsp3) is 0.650. The van der Waals surface area contributed by atoms with Gasteiger partial charge in [-0.05, 0) is 37.3 Å². The third-order valence-electron chi connectivity index (χ3n) is 5.68. The maximum atomic E-state index is 14.0. The van der Waals surface area contributed by atoms with E-state index in [1.807, 2.05) is 0 Å². The van der Waals surface area contributed by atoms with Gasteiger partial charge in [0.05, 0.1) is 20.3 Å². The van der Waals surface area contributed by atoms with Crippen molar-refractivity contribution in [3.63, 3.8) is 0 Å². The molecule has 0 saturated carbocycles. The van der Waals surface area contributed by atoms with Crippen molar-refractivity contribution >= 4 is 5.91 Å². The zero-order chi connectivity index (χ0) is 20.1. The van der Waals surface area contributed by atoms with Gasteiger partial charge in [0.1, 0.15) is 0 Å². The minimum atomic E-state index is -0.883. The molecule has 1 N–H and O–H groups in total. The summed E-state index contributed by atoms with van der Waals surface area (Å²) in [5.41, 5.74) is -0.0125. The van der Waals surface area contributed by atoms with Gasteiger partial charge in [0.25, 0.3) is 5.91 Å². The average Bonchev–Trinajstić information content (AvgIpc) is 2.72. The summed E-state index contributed by atoms with van der Waals surface area (Å²) in [6.07, 6.45) is 2.26. The molecular formula is C20H28F2N2O4. The van der Waals surface area contributed by atoms with E-state index in [0.717, 1.165) is 38.1 Å². The molecule has 0 spiro atoms. The quantitative estimate of drug-likeness (QED) is 0.793. The van der Waals surface area contributed by atoms with Crippen LogP contribution in [0.25, 0.3) is 0 Å². The van der Waals surface area contributed by atoms with Crippen LogP contribution in [-0.2, 0) is 4.74 Å². The van der Waals surface area contributed by atoms with Gasteiger partial charge in [-0.2, -0.15) is 0 Å². The van der Waals surface area contributed by atoms with Crippen molar-refractivity contribution in [2.75, 3.05) is 53.1 Å². The van der Waals surface area contributed by atoms with Crippen molar-refractivity contribution < 1.29 is 28.2 Å². The molecule has 2 saturated heterocycles. The lowest BCUT2D eigenvalue weighted by Gasteiger charge is -2.45. The van der Waals surface area contributed by atoms with E-state index in [1.165, 1.54) is 7.11 Å². The van der Waals surface area contributed by atoms with Crippen LogP contribution in [0.2, 0.25) is 0 Å². The van der Waals surface area contributed by atoms with Gasteiger partial charge in [-0.3, -0.25) is 9.69 Å². The number of halogens is 2. The van der Waals surface area contributed by atoms with E-state index in [0.29, 0.717) is 38.8 Å². The second-order valence-electron chi connectivity index (χ2n) is 7.35. The molecule has 28 heavy (non-hydrogen) atoms. The van der Waals surface area contributed by atoms with Gasteiger partial charge in [0.15, 0.2) is 17.4 Å². The maximum Gasteiger partial charge on any atom is 0.254 e. The SMILES string of the molecule is COc1c(F)cc(C(=O)N2CC[C@H](N3CCOCC3)[C@H](CCCO)C2)cc1F. The van der Waals surface area contributed by atoms with Gasteiger partial charge < -0.3 is 19.5 Å². The van der Waals surface area contributed by atoms with Gasteiger partial charge in [0.2, 0.25) is 0 Å². The zero-order valence-corrected chi connectivity index (χ0v) is 16.2. The Morgan fingerprint density at radius 3 is 2.54 bits per heavy atom. The van der Waals surface area contributed by atoms with Crippen LogP contribution >= 0.6 is 0 Å². The third kappa shape index (κ3) is 4.61. The summed E-state index contributed by atoms with van der Waals surface area (Å²) in [4.78, 5) is 16.9. The molecule has 0 radical (unpaired) electrons. The Morgan fingerprint density at radius 1 is 1.25 bits per heavy atom. The van der Waals surface area contributed by atoms with Crippen molar-refractivity contribution in [3.05, 3.63) is 29.3 Å². The molecule has 1 aromatic carbocycles. The number of aliphatic hydroxyl groups is 1. The second kappa shape index (κ2) is 9.62. The molecule has 1 aromatic rings. The van der Waals surface area contributed by atoms with Gasteiger partial charge in [-0.1, -0.05) is 0 Å². The number of hydrogen-bond acceptors (Lipinski definition) is 5. The predicted octanol–water partition coefficient (Wildman–Crippen LogP) is 1.91. The fourth-order valence-corrected chi connectivity index (χ4v) is 4.29. The Labute approximate surface area is 164 Å². The summed E-state index contributed by atoms with van der Waals surface area (Å²) >= 11 is 0. The number of benzene rings is 1. The van der Waals surface area contributed by atoms with Crippen LogP contribution in [0.1, 0.15) is 29.6 Å². The highest BCUT2D eigenvalue weighted by atomic mass is 19.1. The number of hydrogen-bond donors (Lipinski definition) is 1. The van der Waals surface area contributed by atoms with Crippen molar-refractivity contribution in [2.45, 2.75) is 25.3 Å². The van der Waals surface area contributed by atoms with E-state index in [9.17, 15) is 18.7 Å². The molecule has 0 aromatic heterocycles. The number of piperidine rings is 1. The van der Waals surface area contributed by atoms with Gasteiger partial charge in [-0.15, -0.1) is 0 Å². The third-order valence-corrected chi connectivity index (χ3v) is 5.68. The summed E-state index contributed by atoms with van der Waals surface area (Å²) in [5, 5.41) is 9.25. The lowest BCUT2D eigenvalue weighted by molar-refractivity contribution is -0.0196. The maximum absolute atomic E-state index is 14.0. The number of carbonyl (C=O) groups excluding carboxylic acids is 1. The Hall–Kier alpha value is -1.77. The number of nitrogens with zero attached hydrogens (tertiary/aromatic N) is 2. The van der Waals surface area contributed by atoms with E-state index >= 15 is 0 Å². The summed E-state index contributed by atoms with van der Waals surface area (Å²) in [6, 6.07) is 2.38. The first-order valence-electron chi connectivity index (χ1n) is 9.80. The number of ether oxygens (including phenoxy) is 2. The van der Waals surface area contributed by atoms with Crippen molar-refractivity contribution in [2.24, 2.45) is 5.92 Å². The van der Waals surface area contributed by atoms with Crippen LogP contribution in [0, 0.1) is 17.6 Å². The molecule has 0 aliphatic carbocycles. The molecule has 2 aliphatic rings. The second-order valence-corrected chi connectivity index (χ2v) is 7.35. The van der Waals surface area contributed by atoms with E-state index in [2.05, 4.69) is 9.64 Å². The molecular weight excluding hydrogens is 370 g/mol. The molecule has 8 heteroatoms. The molecule has 2 atom stereocenters. The first kappa shape index (κ1) is 21.0. The van der Waals surface area contributed by atoms with Gasteiger partial charge in [-0.25, -0.2) is 8.78 Å². The number of methoxy groups -OCH3 is 1. The van der Waals surface area contributed by atoms with Crippen molar-refractivity contribution in [3.8, 4) is 5.75 Å². The lowest BCUT2D eigenvalue weighted by atomic mass is 9.86. The molecule has 3 rings (SSSR count). The van der Waals surface area contributed by atoms with Crippen molar-refractivity contribution in [1.29, 1.82) is 0 Å². The first-order valence-corrected chi connectivity index (χ1v) is 9.80. The number of morpholine rings is 1. The van der Waals surface area contributed by atoms with Gasteiger partial charge >= 0.3 is 0 Å². The predicted molar refractivity (Wildman–Crippen MR) is 99.4 cm³/mol. The van der Waals surface area contributed by atoms with Crippen LogP contribution in [0.15, 0.2) is 12.1 Å². The van der Waals surface area contributed by atoms with E-state index in [1.54, 1.807) is 4.90 Å². The number of carbonyl (C=O) groups is 1. The van der Waals surface area contributed by atoms with E-state index < -0.39 is 17.4 Å². The van der Waals surface area contributed by atoms with Crippen LogP contribution in [0.5, 0.6) is 5.75 Å². The summed E-state index contributed by atoms with van der Waals surface area (Å²) in [5.74, 6) is -2.43. The minimum Gasteiger partial charge on any atom is -0.491 e. The topological polar surface area (TPSA) is 62.2 Å². The molecule has 6 nitrogen and oxygen atoms in total. The van der Waals surface area contributed by atoms with Crippen LogP contribution in [0.3, 0.4) is 0 Å². The normalized spacial score (nSPS) is 23.6. The Bertz CT molecular complexity index is 659. The number of likely N-dealkylation sites (tertiary alicyclic amines) is 1. The van der Waals surface area contributed by atoms with Crippen LogP contribution < -0.4 is 4.74 Å². The Balaban J connectivity index is 1.73. The number of rotatable bonds is 6. The summed E-state index contributed by atoms with van der Waals surface area (Å²) in [6.45, 7) is 4.29. The standard InChI is InChI=1S/C20H28F2N2O4/c1-27-19-16(21)11-15(12-17(19)22)20(26)24-5-4-18(14(13-24)3-2-8-25)23-6-9-28-10-7-23/h11-12,14,18,25H,2-10,13H2,1H3/t14-,18+/m1/s1. The Kier molecular flexibility index (Phi) is 7.20. The smallest absolute Gasteiger partial charge is 0.254 e.